The minimum absolute atomic E-state index is 0.0101. The van der Waals surface area contributed by atoms with Crippen molar-refractivity contribution in [1.82, 2.24) is 0 Å². The largest absolute Gasteiger partial charge is 0.486 e. The van der Waals surface area contributed by atoms with Crippen LogP contribution in [0, 0.1) is 6.57 Å². The van der Waals surface area contributed by atoms with Gasteiger partial charge in [0.2, 0.25) is 0 Å². The highest BCUT2D eigenvalue weighted by atomic mass is 32.1. The maximum absolute atomic E-state index is 11.4. The average molecular weight is 647 g/mol. The zero-order valence-corrected chi connectivity index (χ0v) is 27.5. The third kappa shape index (κ3) is 4.74. The molecular weight excluding hydrogens is 617 g/mol. The number of nitrogens with zero attached hydrogens (tertiary/aromatic N) is 2. The molecule has 4 nitrogen and oxygen atoms in total. The van der Waals surface area contributed by atoms with Gasteiger partial charge in [-0.2, -0.15) is 0 Å². The van der Waals surface area contributed by atoms with Gasteiger partial charge in [0, 0.05) is 30.6 Å². The summed E-state index contributed by atoms with van der Waals surface area (Å²) in [5.41, 5.74) is 10.1. The predicted octanol–water partition coefficient (Wildman–Crippen LogP) is 10.8. The van der Waals surface area contributed by atoms with Crippen LogP contribution in [0.2, 0.25) is 0 Å². The lowest BCUT2D eigenvalue weighted by molar-refractivity contribution is -0.132. The van der Waals surface area contributed by atoms with E-state index in [2.05, 4.69) is 133 Å². The van der Waals surface area contributed by atoms with E-state index in [9.17, 15) is 9.90 Å². The van der Waals surface area contributed by atoms with Crippen molar-refractivity contribution >= 4 is 40.4 Å². The minimum Gasteiger partial charge on any atom is -0.486 e. The first-order chi connectivity index (χ1) is 22.8. The van der Waals surface area contributed by atoms with E-state index in [0.717, 1.165) is 14.6 Å². The molecular formula is C41H30N2O2S2. The molecule has 0 radical (unpaired) electrons. The summed E-state index contributed by atoms with van der Waals surface area (Å²) in [6.45, 7) is 11.9. The normalized spacial score (nSPS) is 17.6. The molecule has 1 aliphatic heterocycles. The zero-order chi connectivity index (χ0) is 32.3. The number of carbonyl (C=O) groups is 1. The van der Waals surface area contributed by atoms with Gasteiger partial charge in [-0.05, 0) is 81.4 Å². The minimum atomic E-state index is -1.21. The van der Waals surface area contributed by atoms with Crippen molar-refractivity contribution in [2.24, 2.45) is 0 Å². The first-order valence-corrected chi connectivity index (χ1v) is 17.2. The average Bonchev–Trinajstić information content (AvgIpc) is 3.87. The van der Waals surface area contributed by atoms with Crippen molar-refractivity contribution in [3.63, 3.8) is 0 Å². The molecule has 0 bridgehead atoms. The van der Waals surface area contributed by atoms with Gasteiger partial charge in [-0.25, -0.2) is 4.85 Å². The van der Waals surface area contributed by atoms with Crippen molar-refractivity contribution in [3.8, 4) is 20.9 Å². The Hall–Kier alpha value is -5.22. The SMILES string of the molecule is [C-]#[N+]/C(=C\c1ccc(-c2ccc(C3c4ccccc4C(c4ccc5c(c4)C(C)(C)c4ccccc4-5)N3c3ccccc3)s2)s1)C(=O)O. The van der Waals surface area contributed by atoms with E-state index in [1.807, 2.05) is 12.1 Å². The molecule has 3 heterocycles. The smallest absolute Gasteiger partial charge is 0.333 e. The monoisotopic (exact) mass is 646 g/mol. The van der Waals surface area contributed by atoms with E-state index in [0.29, 0.717) is 0 Å². The van der Waals surface area contributed by atoms with Crippen LogP contribution in [-0.2, 0) is 10.2 Å². The molecule has 2 aromatic heterocycles. The van der Waals surface area contributed by atoms with Gasteiger partial charge >= 0.3 is 5.97 Å². The predicted molar refractivity (Wildman–Crippen MR) is 193 cm³/mol. The molecule has 1 aliphatic carbocycles. The molecule has 2 unspecified atom stereocenters. The number of benzene rings is 4. The van der Waals surface area contributed by atoms with Crippen LogP contribution in [-0.4, -0.2) is 11.1 Å². The Bertz CT molecular complexity index is 2250. The first kappa shape index (κ1) is 29.2. The number of anilines is 1. The van der Waals surface area contributed by atoms with Gasteiger partial charge in [-0.15, -0.1) is 22.7 Å². The second kappa shape index (κ2) is 11.2. The molecule has 0 saturated heterocycles. The van der Waals surface area contributed by atoms with Crippen LogP contribution in [0.25, 0.3) is 31.8 Å². The van der Waals surface area contributed by atoms with Crippen molar-refractivity contribution < 1.29 is 9.90 Å². The zero-order valence-electron chi connectivity index (χ0n) is 25.8. The van der Waals surface area contributed by atoms with Crippen LogP contribution >= 0.6 is 22.7 Å². The molecule has 2 atom stereocenters. The summed E-state index contributed by atoms with van der Waals surface area (Å²) >= 11 is 3.27. The Kier molecular flexibility index (Phi) is 6.98. The Labute approximate surface area is 282 Å². The molecule has 47 heavy (non-hydrogen) atoms. The lowest BCUT2D eigenvalue weighted by Gasteiger charge is -2.34. The fourth-order valence-electron chi connectivity index (χ4n) is 7.35. The van der Waals surface area contributed by atoms with E-state index in [1.54, 1.807) is 11.3 Å². The Morgan fingerprint density at radius 2 is 1.43 bits per heavy atom. The third-order valence-electron chi connectivity index (χ3n) is 9.50. The van der Waals surface area contributed by atoms with Crippen LogP contribution in [0.4, 0.5) is 5.69 Å². The van der Waals surface area contributed by atoms with Crippen molar-refractivity contribution in [2.45, 2.75) is 31.3 Å². The van der Waals surface area contributed by atoms with Crippen LogP contribution in [0.15, 0.2) is 127 Å². The number of rotatable bonds is 6. The van der Waals surface area contributed by atoms with Crippen molar-refractivity contribution in [1.29, 1.82) is 0 Å². The number of carboxylic acid groups (broad SMARTS) is 1. The number of para-hydroxylation sites is 1. The Balaban J connectivity index is 1.24. The highest BCUT2D eigenvalue weighted by molar-refractivity contribution is 7.22. The van der Waals surface area contributed by atoms with Gasteiger partial charge in [-0.3, -0.25) is 4.79 Å². The fourth-order valence-corrected chi connectivity index (χ4v) is 9.51. The van der Waals surface area contributed by atoms with Crippen LogP contribution in [0.5, 0.6) is 0 Å². The molecule has 0 saturated carbocycles. The fraction of sp³-hybridized carbons (Fsp3) is 0.122. The maximum Gasteiger partial charge on any atom is 0.333 e. The van der Waals surface area contributed by atoms with Crippen molar-refractivity contribution in [2.75, 3.05) is 4.90 Å². The summed E-state index contributed by atoms with van der Waals surface area (Å²) in [6.07, 6.45) is 1.45. The summed E-state index contributed by atoms with van der Waals surface area (Å²) < 4.78 is 0. The number of carboxylic acids is 1. The standard InChI is InChI=1S/C41H30N2O2S2/c1-41(2)32-16-10-9-13-28(32)29-19-17-25(23-33(29)41)38-30-14-7-8-15-31(30)39(43(38)26-11-5-4-6-12-26)37-22-21-36(47-37)35-20-18-27(46-35)24-34(42-3)40(44)45/h4-24,38-39H,1-2H3,(H,44,45)/b34-24-. The first-order valence-electron chi connectivity index (χ1n) is 15.5. The van der Waals surface area contributed by atoms with Crippen molar-refractivity contribution in [3.05, 3.63) is 176 Å². The number of hydrogen-bond acceptors (Lipinski definition) is 4. The van der Waals surface area contributed by atoms with Gasteiger partial charge in [0.15, 0.2) is 0 Å². The molecule has 2 aliphatic rings. The summed E-state index contributed by atoms with van der Waals surface area (Å²) in [6, 6.07) is 43.8. The molecule has 6 aromatic rings. The number of fused-ring (bicyclic) bond motifs is 4. The van der Waals surface area contributed by atoms with Crippen LogP contribution in [0.3, 0.4) is 0 Å². The third-order valence-corrected chi connectivity index (χ3v) is 11.9. The molecule has 8 rings (SSSR count). The quantitative estimate of drug-likeness (QED) is 0.145. The lowest BCUT2D eigenvalue weighted by atomic mass is 9.81. The summed E-state index contributed by atoms with van der Waals surface area (Å²) in [5, 5.41) is 9.32. The Morgan fingerprint density at radius 3 is 2.19 bits per heavy atom. The van der Waals surface area contributed by atoms with E-state index in [1.165, 1.54) is 66.9 Å². The van der Waals surface area contributed by atoms with Gasteiger partial charge in [-0.1, -0.05) is 98.8 Å². The Morgan fingerprint density at radius 1 is 0.766 bits per heavy atom. The van der Waals surface area contributed by atoms with Gasteiger partial charge in [0.25, 0.3) is 5.70 Å². The number of hydrogen-bond donors (Lipinski definition) is 1. The van der Waals surface area contributed by atoms with E-state index in [4.69, 9.17) is 6.57 Å². The van der Waals surface area contributed by atoms with Gasteiger partial charge < -0.3 is 10.0 Å². The molecule has 6 heteroatoms. The highest BCUT2D eigenvalue weighted by Crippen LogP contribution is 2.55. The van der Waals surface area contributed by atoms with Gasteiger partial charge in [0.05, 0.1) is 18.7 Å². The second-order valence-electron chi connectivity index (χ2n) is 12.5. The molecule has 0 fully saturated rings. The molecule has 228 valence electrons. The number of thiophene rings is 2. The molecule has 4 aromatic carbocycles. The van der Waals surface area contributed by atoms with E-state index < -0.39 is 5.97 Å². The summed E-state index contributed by atoms with van der Waals surface area (Å²) in [7, 11) is 0. The van der Waals surface area contributed by atoms with Crippen LogP contribution in [0.1, 0.15) is 63.5 Å². The molecule has 1 N–H and O–H groups in total. The van der Waals surface area contributed by atoms with E-state index >= 15 is 0 Å². The topological polar surface area (TPSA) is 44.9 Å². The van der Waals surface area contributed by atoms with Crippen LogP contribution < -0.4 is 4.90 Å². The number of aliphatic carboxylic acids is 1. The second-order valence-corrected chi connectivity index (χ2v) is 14.7. The maximum atomic E-state index is 11.4. The summed E-state index contributed by atoms with van der Waals surface area (Å²) in [4.78, 5) is 21.3. The highest BCUT2D eigenvalue weighted by Gasteiger charge is 2.42. The van der Waals surface area contributed by atoms with E-state index in [-0.39, 0.29) is 23.2 Å². The molecule has 0 amide bonds. The summed E-state index contributed by atoms with van der Waals surface area (Å²) in [5.74, 6) is -1.21. The molecule has 0 spiro atoms. The van der Waals surface area contributed by atoms with Gasteiger partial charge in [0.1, 0.15) is 0 Å². The lowest BCUT2D eigenvalue weighted by Crippen LogP contribution is -2.27.